The van der Waals surface area contributed by atoms with Crippen LogP contribution < -0.4 is 0 Å². The number of furan rings is 1. The summed E-state index contributed by atoms with van der Waals surface area (Å²) < 4.78 is 6.00. The summed E-state index contributed by atoms with van der Waals surface area (Å²) in [6, 6.07) is 25.5. The molecule has 0 bridgehead atoms. The summed E-state index contributed by atoms with van der Waals surface area (Å²) >= 11 is 0. The van der Waals surface area contributed by atoms with Crippen molar-refractivity contribution in [3.63, 3.8) is 0 Å². The first-order valence-electron chi connectivity index (χ1n) is 18.9. The molecule has 0 saturated heterocycles. The van der Waals surface area contributed by atoms with E-state index >= 15 is 0 Å². The number of ketones is 1. The average Bonchev–Trinajstić information content (AvgIpc) is 3.49. The molecule has 52 heavy (non-hydrogen) atoms. The number of allylic oxidation sites excluding steroid dienone is 2. The summed E-state index contributed by atoms with van der Waals surface area (Å²) in [5.74, 6) is 0.923. The van der Waals surface area contributed by atoms with E-state index in [0.717, 1.165) is 76.5 Å². The molecule has 1 radical (unpaired) electrons. The van der Waals surface area contributed by atoms with Crippen LogP contribution in [0.2, 0.25) is 0 Å². The van der Waals surface area contributed by atoms with E-state index in [9.17, 15) is 9.90 Å². The Morgan fingerprint density at radius 1 is 0.885 bits per heavy atom. The Hall–Kier alpha value is -3.53. The number of carbonyl (C=O) groups is 1. The van der Waals surface area contributed by atoms with Crippen LogP contribution in [0.15, 0.2) is 83.2 Å². The Morgan fingerprint density at radius 3 is 2.04 bits per heavy atom. The van der Waals surface area contributed by atoms with Crippen LogP contribution in [0, 0.1) is 29.7 Å². The van der Waals surface area contributed by atoms with E-state index in [0.29, 0.717) is 5.92 Å². The minimum absolute atomic E-state index is 0. The van der Waals surface area contributed by atoms with E-state index in [1.54, 1.807) is 0 Å². The van der Waals surface area contributed by atoms with Gasteiger partial charge in [0.2, 0.25) is 0 Å². The third-order valence-electron chi connectivity index (χ3n) is 11.1. The third-order valence-corrected chi connectivity index (χ3v) is 11.1. The molecule has 0 fully saturated rings. The van der Waals surface area contributed by atoms with Crippen LogP contribution in [-0.2, 0) is 36.7 Å². The molecule has 0 aliphatic heterocycles. The number of aliphatic hydroxyl groups is 1. The molecule has 1 N–H and O–H groups in total. The fourth-order valence-corrected chi connectivity index (χ4v) is 6.44. The molecular formula is C47H60IrNO3-. The van der Waals surface area contributed by atoms with Gasteiger partial charge in [-0.3, -0.25) is 9.78 Å². The quantitative estimate of drug-likeness (QED) is 0.0816. The Bertz CT molecular complexity index is 1980. The van der Waals surface area contributed by atoms with Gasteiger partial charge in [-0.05, 0) is 61.5 Å². The van der Waals surface area contributed by atoms with Crippen molar-refractivity contribution >= 4 is 27.7 Å². The average molecular weight is 879 g/mol. The van der Waals surface area contributed by atoms with E-state index in [2.05, 4.69) is 108 Å². The molecule has 5 rings (SSSR count). The normalized spacial score (nSPS) is 12.5. The molecule has 2 heterocycles. The molecule has 0 amide bonds. The zero-order valence-corrected chi connectivity index (χ0v) is 36.0. The molecule has 0 unspecified atom stereocenters. The molecule has 5 aromatic rings. The van der Waals surface area contributed by atoms with Crippen LogP contribution in [0.5, 0.6) is 0 Å². The van der Waals surface area contributed by atoms with Crippen molar-refractivity contribution in [2.24, 2.45) is 16.7 Å². The fourth-order valence-electron chi connectivity index (χ4n) is 6.44. The molecule has 0 aliphatic rings. The van der Waals surface area contributed by atoms with Crippen molar-refractivity contribution < 1.29 is 34.4 Å². The Morgan fingerprint density at radius 2 is 1.48 bits per heavy atom. The zero-order chi connectivity index (χ0) is 37.7. The topological polar surface area (TPSA) is 63.3 Å². The first-order chi connectivity index (χ1) is 24.0. The summed E-state index contributed by atoms with van der Waals surface area (Å²) in [5.41, 5.74) is 9.04. The van der Waals surface area contributed by atoms with Gasteiger partial charge in [0.15, 0.2) is 11.4 Å². The van der Waals surface area contributed by atoms with Gasteiger partial charge in [0.1, 0.15) is 11.3 Å². The predicted molar refractivity (Wildman–Crippen MR) is 216 cm³/mol. The van der Waals surface area contributed by atoms with Crippen molar-refractivity contribution in [3.8, 4) is 22.4 Å². The fraction of sp³-hybridized carbons (Fsp3) is 0.447. The second-order valence-electron chi connectivity index (χ2n) is 16.3. The van der Waals surface area contributed by atoms with E-state index in [-0.39, 0.29) is 47.9 Å². The minimum atomic E-state index is -0.337. The van der Waals surface area contributed by atoms with Gasteiger partial charge in [0, 0.05) is 53.8 Å². The molecule has 0 aliphatic carbocycles. The largest absolute Gasteiger partial charge is 0.512 e. The van der Waals surface area contributed by atoms with Gasteiger partial charge >= 0.3 is 0 Å². The van der Waals surface area contributed by atoms with Crippen LogP contribution >= 0.6 is 0 Å². The van der Waals surface area contributed by atoms with E-state index in [1.165, 1.54) is 22.6 Å². The predicted octanol–water partition coefficient (Wildman–Crippen LogP) is 13.6. The SMILES string of the molecule is CCC(C)(CC)C(=O)/C=C(\O)C(C)(CC)CC.Cc1coc2c(-c3ccc(CC(C)C)cc3)cc(-c3[c-]c4ccccc4c(C(C)(C)C)c3)nc12.[Ir]. The molecule has 281 valence electrons. The molecular weight excluding hydrogens is 819 g/mol. The van der Waals surface area contributed by atoms with Crippen molar-refractivity contribution in [2.45, 2.75) is 121 Å². The second-order valence-corrected chi connectivity index (χ2v) is 16.3. The van der Waals surface area contributed by atoms with E-state index in [1.807, 2.05) is 47.8 Å². The van der Waals surface area contributed by atoms with Crippen molar-refractivity contribution in [1.82, 2.24) is 4.98 Å². The molecule has 0 saturated carbocycles. The monoisotopic (exact) mass is 879 g/mol. The number of aromatic nitrogens is 1. The Kier molecular flexibility index (Phi) is 14.5. The number of nitrogens with zero attached hydrogens (tertiary/aromatic N) is 1. The summed E-state index contributed by atoms with van der Waals surface area (Å²) in [7, 11) is 0. The number of aliphatic hydroxyl groups excluding tert-OH is 1. The van der Waals surface area contributed by atoms with E-state index < -0.39 is 0 Å². The number of pyridine rings is 1. The molecule has 5 heteroatoms. The van der Waals surface area contributed by atoms with Gasteiger partial charge in [-0.15, -0.1) is 29.1 Å². The van der Waals surface area contributed by atoms with Crippen LogP contribution in [0.25, 0.3) is 44.3 Å². The smallest absolute Gasteiger partial charge is 0.164 e. The number of rotatable bonds is 11. The van der Waals surface area contributed by atoms with Crippen LogP contribution in [0.1, 0.15) is 119 Å². The van der Waals surface area contributed by atoms with Gasteiger partial charge in [0.25, 0.3) is 0 Å². The summed E-state index contributed by atoms with van der Waals surface area (Å²) in [4.78, 5) is 17.2. The first kappa shape index (κ1) is 42.9. The molecule has 4 nitrogen and oxygen atoms in total. The van der Waals surface area contributed by atoms with Crippen LogP contribution in [0.3, 0.4) is 0 Å². The summed E-state index contributed by atoms with van der Waals surface area (Å²) in [5, 5.41) is 12.5. The van der Waals surface area contributed by atoms with E-state index in [4.69, 9.17) is 9.40 Å². The molecule has 2 aromatic heterocycles. The maximum atomic E-state index is 12.2. The van der Waals surface area contributed by atoms with Gasteiger partial charge in [-0.2, -0.15) is 0 Å². The van der Waals surface area contributed by atoms with Gasteiger partial charge < -0.3 is 9.52 Å². The Labute approximate surface area is 326 Å². The third kappa shape index (κ3) is 9.52. The summed E-state index contributed by atoms with van der Waals surface area (Å²) in [6.45, 7) is 25.4. The maximum absolute atomic E-state index is 12.2. The summed E-state index contributed by atoms with van der Waals surface area (Å²) in [6.07, 6.45) is 7.64. The van der Waals surface area contributed by atoms with Crippen molar-refractivity contribution in [3.05, 3.63) is 102 Å². The standard InChI is InChI=1S/C32H32NO.C15H28O2.Ir/c1-20(2)15-22-11-13-23(14-12-22)27-18-29(33-30-21(3)19-34-31(27)30)25-16-24-9-7-8-10-26(24)28(17-25)32(4,5)6;1-7-14(5,8-2)12(16)11-13(17)15(6,9-3)10-4;/h7-14,17-20H,15H2,1-6H3;11,16H,7-10H2,1-6H3;/q-1;;/b;12-11-;. The van der Waals surface area contributed by atoms with Gasteiger partial charge in [0.05, 0.1) is 6.26 Å². The van der Waals surface area contributed by atoms with Gasteiger partial charge in [-0.1, -0.05) is 136 Å². The molecule has 0 atom stereocenters. The van der Waals surface area contributed by atoms with Crippen LogP contribution in [0.4, 0.5) is 0 Å². The Balaban J connectivity index is 0.000000347. The van der Waals surface area contributed by atoms with Crippen LogP contribution in [-0.4, -0.2) is 15.9 Å². The zero-order valence-electron chi connectivity index (χ0n) is 33.6. The molecule has 3 aromatic carbocycles. The second kappa shape index (κ2) is 17.5. The number of aryl methyl sites for hydroxylation is 1. The number of hydrogen-bond donors (Lipinski definition) is 1. The molecule has 0 spiro atoms. The van der Waals surface area contributed by atoms with Gasteiger partial charge in [-0.25, -0.2) is 0 Å². The maximum Gasteiger partial charge on any atom is 0.164 e. The minimum Gasteiger partial charge on any atom is -0.512 e. The van der Waals surface area contributed by atoms with Crippen molar-refractivity contribution in [1.29, 1.82) is 0 Å². The first-order valence-corrected chi connectivity index (χ1v) is 18.9. The number of hydrogen-bond acceptors (Lipinski definition) is 4. The number of carbonyl (C=O) groups excluding carboxylic acids is 1. The van der Waals surface area contributed by atoms with Crippen molar-refractivity contribution in [2.75, 3.05) is 0 Å². The number of fused-ring (bicyclic) bond motifs is 2. The number of benzene rings is 3.